The number of fused-ring (bicyclic) bond motifs is 1. The number of carbonyl (C=O) groups is 1. The predicted molar refractivity (Wildman–Crippen MR) is 75.8 cm³/mol. The Balaban J connectivity index is 2.02. The highest BCUT2D eigenvalue weighted by Gasteiger charge is 2.21. The Morgan fingerprint density at radius 3 is 2.90 bits per heavy atom. The number of rotatable bonds is 2. The molecule has 0 saturated carbocycles. The summed E-state index contributed by atoms with van der Waals surface area (Å²) in [6.07, 6.45) is 3.00. The average Bonchev–Trinajstić information content (AvgIpc) is 2.51. The van der Waals surface area contributed by atoms with Crippen LogP contribution in [0.3, 0.4) is 0 Å². The second kappa shape index (κ2) is 4.92. The largest absolute Gasteiger partial charge is 0.467 e. The highest BCUT2D eigenvalue weighted by atomic mass is 16.5. The van der Waals surface area contributed by atoms with Crippen molar-refractivity contribution >= 4 is 11.6 Å². The van der Waals surface area contributed by atoms with Crippen LogP contribution in [-0.2, 0) is 11.2 Å². The van der Waals surface area contributed by atoms with E-state index >= 15 is 0 Å². The van der Waals surface area contributed by atoms with Gasteiger partial charge in [0.2, 0.25) is 5.91 Å². The van der Waals surface area contributed by atoms with Gasteiger partial charge in [0.1, 0.15) is 0 Å². The molecule has 2 aromatic rings. The monoisotopic (exact) mass is 269 g/mol. The van der Waals surface area contributed by atoms with Crippen LogP contribution in [0.4, 0.5) is 5.69 Å². The third-order valence-corrected chi connectivity index (χ3v) is 3.53. The molecule has 0 N–H and O–H groups in total. The number of hydrogen-bond donors (Lipinski definition) is 0. The number of ether oxygens (including phenoxy) is 1. The van der Waals surface area contributed by atoms with Crippen molar-refractivity contribution in [1.82, 2.24) is 9.97 Å². The Hall–Kier alpha value is -2.43. The molecule has 102 valence electrons. The third-order valence-electron chi connectivity index (χ3n) is 3.53. The molecule has 0 radical (unpaired) electrons. The van der Waals surface area contributed by atoms with Crippen LogP contribution >= 0.6 is 0 Å². The zero-order valence-corrected chi connectivity index (χ0v) is 11.5. The number of nitrogens with zero attached hydrogens (tertiary/aromatic N) is 3. The van der Waals surface area contributed by atoms with E-state index in [2.05, 4.69) is 16.0 Å². The number of benzene rings is 1. The van der Waals surface area contributed by atoms with Gasteiger partial charge in [-0.05, 0) is 30.2 Å². The summed E-state index contributed by atoms with van der Waals surface area (Å²) in [5.74, 6) is 0.161. The lowest BCUT2D eigenvalue weighted by Crippen LogP contribution is -2.30. The van der Waals surface area contributed by atoms with Gasteiger partial charge in [-0.15, -0.1) is 0 Å². The second-order valence-corrected chi connectivity index (χ2v) is 4.72. The highest BCUT2D eigenvalue weighted by molar-refractivity contribution is 5.96. The molecule has 1 aromatic heterocycles. The number of anilines is 1. The van der Waals surface area contributed by atoms with Gasteiger partial charge in [-0.1, -0.05) is 6.07 Å². The van der Waals surface area contributed by atoms with Crippen LogP contribution in [0.5, 0.6) is 6.01 Å². The summed E-state index contributed by atoms with van der Waals surface area (Å²) < 4.78 is 5.04. The first-order chi connectivity index (χ1) is 9.69. The van der Waals surface area contributed by atoms with E-state index in [1.807, 2.05) is 25.2 Å². The summed E-state index contributed by atoms with van der Waals surface area (Å²) in [5.41, 5.74) is 3.97. The first kappa shape index (κ1) is 12.6. The topological polar surface area (TPSA) is 55.3 Å². The number of carbonyl (C=O) groups excluding carboxylic acids is 1. The van der Waals surface area contributed by atoms with Gasteiger partial charge in [-0.25, -0.2) is 4.98 Å². The Bertz CT molecular complexity index is 670. The lowest BCUT2D eigenvalue weighted by molar-refractivity contribution is -0.118. The van der Waals surface area contributed by atoms with Crippen molar-refractivity contribution in [2.24, 2.45) is 0 Å². The standard InChI is InChI=1S/C15H15N3O2/c1-18-13-5-3-10(9-11(13)4-6-14(18)19)12-7-8-16-15(17-12)20-2/h3,5,7-9H,4,6H2,1-2H3. The maximum Gasteiger partial charge on any atom is 0.316 e. The van der Waals surface area contributed by atoms with Crippen LogP contribution in [0.2, 0.25) is 0 Å². The average molecular weight is 269 g/mol. The van der Waals surface area contributed by atoms with Crippen molar-refractivity contribution in [2.45, 2.75) is 12.8 Å². The van der Waals surface area contributed by atoms with E-state index in [1.165, 1.54) is 5.56 Å². The number of methoxy groups -OCH3 is 1. The highest BCUT2D eigenvalue weighted by Crippen LogP contribution is 2.30. The fourth-order valence-corrected chi connectivity index (χ4v) is 2.42. The lowest BCUT2D eigenvalue weighted by Gasteiger charge is -2.26. The van der Waals surface area contributed by atoms with Gasteiger partial charge < -0.3 is 9.64 Å². The maximum absolute atomic E-state index is 11.7. The lowest BCUT2D eigenvalue weighted by atomic mass is 9.98. The molecule has 0 unspecified atom stereocenters. The van der Waals surface area contributed by atoms with Crippen molar-refractivity contribution in [2.75, 3.05) is 19.1 Å². The smallest absolute Gasteiger partial charge is 0.316 e. The number of aromatic nitrogens is 2. The molecule has 1 aromatic carbocycles. The molecular formula is C15H15N3O2. The van der Waals surface area contributed by atoms with Gasteiger partial charge in [0.25, 0.3) is 0 Å². The minimum absolute atomic E-state index is 0.161. The Morgan fingerprint density at radius 2 is 2.10 bits per heavy atom. The summed E-state index contributed by atoms with van der Waals surface area (Å²) in [6, 6.07) is 8.22. The Labute approximate surface area is 117 Å². The van der Waals surface area contributed by atoms with Crippen molar-refractivity contribution < 1.29 is 9.53 Å². The van der Waals surface area contributed by atoms with Gasteiger partial charge in [-0.2, -0.15) is 4.98 Å². The second-order valence-electron chi connectivity index (χ2n) is 4.72. The van der Waals surface area contributed by atoms with Crippen molar-refractivity contribution in [3.63, 3.8) is 0 Å². The molecule has 3 rings (SSSR count). The molecule has 20 heavy (non-hydrogen) atoms. The van der Waals surface area contributed by atoms with Crippen LogP contribution in [0.1, 0.15) is 12.0 Å². The molecule has 0 atom stereocenters. The van der Waals surface area contributed by atoms with E-state index in [1.54, 1.807) is 18.2 Å². The number of hydrogen-bond acceptors (Lipinski definition) is 4. The van der Waals surface area contributed by atoms with E-state index < -0.39 is 0 Å². The third kappa shape index (κ3) is 2.11. The van der Waals surface area contributed by atoms with Crippen LogP contribution in [0.25, 0.3) is 11.3 Å². The van der Waals surface area contributed by atoms with E-state index in [0.717, 1.165) is 23.4 Å². The molecule has 1 aliphatic rings. The quantitative estimate of drug-likeness (QED) is 0.837. The minimum Gasteiger partial charge on any atom is -0.467 e. The van der Waals surface area contributed by atoms with Crippen molar-refractivity contribution in [1.29, 1.82) is 0 Å². The Kier molecular flexibility index (Phi) is 3.10. The van der Waals surface area contributed by atoms with Gasteiger partial charge >= 0.3 is 6.01 Å². The molecule has 0 fully saturated rings. The van der Waals surface area contributed by atoms with E-state index in [4.69, 9.17) is 4.74 Å². The molecule has 0 spiro atoms. The van der Waals surface area contributed by atoms with Crippen LogP contribution in [-0.4, -0.2) is 30.0 Å². The molecule has 0 aliphatic carbocycles. The van der Waals surface area contributed by atoms with Crippen LogP contribution in [0.15, 0.2) is 30.5 Å². The van der Waals surface area contributed by atoms with E-state index in [0.29, 0.717) is 12.4 Å². The summed E-state index contributed by atoms with van der Waals surface area (Å²) in [5, 5.41) is 0. The summed E-state index contributed by atoms with van der Waals surface area (Å²) in [4.78, 5) is 21.7. The molecule has 1 aliphatic heterocycles. The summed E-state index contributed by atoms with van der Waals surface area (Å²) >= 11 is 0. The van der Waals surface area contributed by atoms with Gasteiger partial charge in [-0.3, -0.25) is 4.79 Å². The zero-order valence-electron chi connectivity index (χ0n) is 11.5. The van der Waals surface area contributed by atoms with Crippen LogP contribution < -0.4 is 9.64 Å². The molecule has 5 nitrogen and oxygen atoms in total. The molecular weight excluding hydrogens is 254 g/mol. The first-order valence-corrected chi connectivity index (χ1v) is 6.46. The summed E-state index contributed by atoms with van der Waals surface area (Å²) in [6.45, 7) is 0. The Morgan fingerprint density at radius 1 is 1.25 bits per heavy atom. The fourth-order valence-electron chi connectivity index (χ4n) is 2.42. The van der Waals surface area contributed by atoms with E-state index in [9.17, 15) is 4.79 Å². The van der Waals surface area contributed by atoms with Crippen LogP contribution in [0, 0.1) is 0 Å². The van der Waals surface area contributed by atoms with Crippen molar-refractivity contribution in [3.05, 3.63) is 36.0 Å². The normalized spacial score (nSPS) is 14.1. The fraction of sp³-hybridized carbons (Fsp3) is 0.267. The molecule has 1 amide bonds. The first-order valence-electron chi connectivity index (χ1n) is 6.46. The SMILES string of the molecule is COc1nccc(-c2ccc3c(c2)CCC(=O)N3C)n1. The summed E-state index contributed by atoms with van der Waals surface area (Å²) in [7, 11) is 3.36. The zero-order chi connectivity index (χ0) is 14.1. The predicted octanol–water partition coefficient (Wildman–Crippen LogP) is 2.06. The molecule has 2 heterocycles. The van der Waals surface area contributed by atoms with Gasteiger partial charge in [0.05, 0.1) is 12.8 Å². The minimum atomic E-state index is 0.161. The van der Waals surface area contributed by atoms with Crippen molar-refractivity contribution in [3.8, 4) is 17.3 Å². The van der Waals surface area contributed by atoms with Gasteiger partial charge in [0, 0.05) is 30.9 Å². The maximum atomic E-state index is 11.7. The number of aryl methyl sites for hydroxylation is 1. The molecule has 0 saturated heterocycles. The molecule has 5 heteroatoms. The molecule has 0 bridgehead atoms. The van der Waals surface area contributed by atoms with E-state index in [-0.39, 0.29) is 5.91 Å². The van der Waals surface area contributed by atoms with Gasteiger partial charge in [0.15, 0.2) is 0 Å². The number of amides is 1.